The molecule has 1 saturated heterocycles. The first kappa shape index (κ1) is 15.0. The summed E-state index contributed by atoms with van der Waals surface area (Å²) in [4.78, 5) is 16.8. The van der Waals surface area contributed by atoms with Crippen LogP contribution in [0.3, 0.4) is 0 Å². The predicted octanol–water partition coefficient (Wildman–Crippen LogP) is 2.03. The summed E-state index contributed by atoms with van der Waals surface area (Å²) < 4.78 is 0. The number of amides is 1. The molecule has 0 spiro atoms. The second-order valence-corrected chi connectivity index (χ2v) is 6.21. The maximum atomic E-state index is 12.5. The molecule has 0 aromatic carbocycles. The normalized spacial score (nSPS) is 19.6. The van der Waals surface area contributed by atoms with Crippen molar-refractivity contribution in [1.29, 1.82) is 0 Å². The van der Waals surface area contributed by atoms with Crippen molar-refractivity contribution in [3.63, 3.8) is 0 Å². The Bertz CT molecular complexity index is 465. The Kier molecular flexibility index (Phi) is 4.76. The van der Waals surface area contributed by atoms with Crippen molar-refractivity contribution in [2.75, 3.05) is 13.1 Å². The topological polar surface area (TPSA) is 54.0 Å². The maximum Gasteiger partial charge on any atom is 0.226 e. The van der Waals surface area contributed by atoms with Gasteiger partial charge >= 0.3 is 0 Å². The molecule has 0 radical (unpaired) electrons. The zero-order chi connectivity index (χ0) is 14.6. The quantitative estimate of drug-likeness (QED) is 0.884. The third-order valence-electron chi connectivity index (χ3n) is 4.44. The monoisotopic (exact) mass is 275 g/mol. The van der Waals surface area contributed by atoms with Crippen molar-refractivity contribution < 1.29 is 4.79 Å². The number of aryl methyl sites for hydroxylation is 1. The lowest BCUT2D eigenvalue weighted by Gasteiger charge is -2.36. The van der Waals surface area contributed by atoms with Gasteiger partial charge in [-0.1, -0.05) is 19.9 Å². The molecule has 2 rings (SSSR count). The summed E-state index contributed by atoms with van der Waals surface area (Å²) in [5.74, 6) is 0.525. The summed E-state index contributed by atoms with van der Waals surface area (Å²) >= 11 is 0. The lowest BCUT2D eigenvalue weighted by Crippen LogP contribution is -2.47. The number of hydrogen-bond donors (Lipinski definition) is 2. The van der Waals surface area contributed by atoms with Crippen LogP contribution in [0, 0.1) is 18.3 Å². The van der Waals surface area contributed by atoms with Crippen LogP contribution in [0.5, 0.6) is 0 Å². The molecule has 1 fully saturated rings. The number of carbonyl (C=O) groups excluding carboxylic acids is 1. The van der Waals surface area contributed by atoms with Gasteiger partial charge in [-0.2, -0.15) is 0 Å². The highest BCUT2D eigenvalue weighted by atomic mass is 16.2. The first-order valence-corrected chi connectivity index (χ1v) is 7.41. The molecular formula is C16H25N3O. The summed E-state index contributed by atoms with van der Waals surface area (Å²) in [6, 6.07) is 3.93. The first-order valence-electron chi connectivity index (χ1n) is 7.41. The highest BCUT2D eigenvalue weighted by molar-refractivity contribution is 5.82. The van der Waals surface area contributed by atoms with Gasteiger partial charge in [0.15, 0.2) is 0 Å². The van der Waals surface area contributed by atoms with Crippen LogP contribution in [-0.2, 0) is 11.3 Å². The van der Waals surface area contributed by atoms with Crippen molar-refractivity contribution >= 4 is 5.91 Å². The molecule has 1 aromatic rings. The Balaban J connectivity index is 1.95. The number of pyridine rings is 1. The van der Waals surface area contributed by atoms with E-state index in [4.69, 9.17) is 0 Å². The second kappa shape index (κ2) is 6.35. The number of aromatic nitrogens is 1. The van der Waals surface area contributed by atoms with Crippen LogP contribution in [-0.4, -0.2) is 24.0 Å². The summed E-state index contributed by atoms with van der Waals surface area (Å²) in [5, 5.41) is 6.43. The van der Waals surface area contributed by atoms with Crippen LogP contribution in [0.15, 0.2) is 18.3 Å². The third kappa shape index (κ3) is 3.37. The molecule has 4 nitrogen and oxygen atoms in total. The SMILES string of the molecule is Cc1cccnc1CNC(=O)C(C)(C)C1CCCNC1. The van der Waals surface area contributed by atoms with Crippen LogP contribution < -0.4 is 10.6 Å². The van der Waals surface area contributed by atoms with E-state index in [9.17, 15) is 4.79 Å². The average Bonchev–Trinajstić information content (AvgIpc) is 2.47. The van der Waals surface area contributed by atoms with E-state index in [2.05, 4.69) is 15.6 Å². The molecule has 110 valence electrons. The van der Waals surface area contributed by atoms with Crippen molar-refractivity contribution in [1.82, 2.24) is 15.6 Å². The van der Waals surface area contributed by atoms with Crippen LogP contribution >= 0.6 is 0 Å². The van der Waals surface area contributed by atoms with Gasteiger partial charge in [-0.15, -0.1) is 0 Å². The van der Waals surface area contributed by atoms with Crippen molar-refractivity contribution in [3.8, 4) is 0 Å². The van der Waals surface area contributed by atoms with E-state index in [0.29, 0.717) is 12.5 Å². The molecule has 0 aliphatic carbocycles. The molecule has 2 N–H and O–H groups in total. The average molecular weight is 275 g/mol. The minimum Gasteiger partial charge on any atom is -0.350 e. The van der Waals surface area contributed by atoms with Crippen LogP contribution in [0.25, 0.3) is 0 Å². The summed E-state index contributed by atoms with van der Waals surface area (Å²) in [5.41, 5.74) is 1.72. The van der Waals surface area contributed by atoms with Crippen molar-refractivity contribution in [2.45, 2.75) is 40.2 Å². The summed E-state index contributed by atoms with van der Waals surface area (Å²) in [7, 11) is 0. The van der Waals surface area contributed by atoms with E-state index in [1.807, 2.05) is 32.9 Å². The number of nitrogens with one attached hydrogen (secondary N) is 2. The van der Waals surface area contributed by atoms with Gasteiger partial charge in [-0.05, 0) is 50.4 Å². The van der Waals surface area contributed by atoms with E-state index in [1.54, 1.807) is 6.20 Å². The number of nitrogens with zero attached hydrogens (tertiary/aromatic N) is 1. The van der Waals surface area contributed by atoms with E-state index in [-0.39, 0.29) is 11.3 Å². The molecule has 1 aromatic heterocycles. The minimum absolute atomic E-state index is 0.122. The van der Waals surface area contributed by atoms with Gasteiger partial charge in [0.25, 0.3) is 0 Å². The van der Waals surface area contributed by atoms with E-state index >= 15 is 0 Å². The molecular weight excluding hydrogens is 250 g/mol. The molecule has 2 heterocycles. The van der Waals surface area contributed by atoms with Crippen LogP contribution in [0.4, 0.5) is 0 Å². The Hall–Kier alpha value is -1.42. The molecule has 0 bridgehead atoms. The fourth-order valence-corrected chi connectivity index (χ4v) is 2.75. The van der Waals surface area contributed by atoms with Gasteiger partial charge < -0.3 is 10.6 Å². The molecule has 1 aliphatic rings. The number of carbonyl (C=O) groups is 1. The van der Waals surface area contributed by atoms with Crippen molar-refractivity contribution in [2.24, 2.45) is 11.3 Å². The van der Waals surface area contributed by atoms with Gasteiger partial charge in [0.1, 0.15) is 0 Å². The van der Waals surface area contributed by atoms with Crippen LogP contribution in [0.2, 0.25) is 0 Å². The number of hydrogen-bond acceptors (Lipinski definition) is 3. The zero-order valence-corrected chi connectivity index (χ0v) is 12.7. The van der Waals surface area contributed by atoms with Crippen LogP contribution in [0.1, 0.15) is 37.9 Å². The van der Waals surface area contributed by atoms with E-state index in [1.165, 1.54) is 0 Å². The maximum absolute atomic E-state index is 12.5. The third-order valence-corrected chi connectivity index (χ3v) is 4.44. The van der Waals surface area contributed by atoms with E-state index in [0.717, 1.165) is 37.2 Å². The molecule has 1 amide bonds. The molecule has 1 unspecified atom stereocenters. The fourth-order valence-electron chi connectivity index (χ4n) is 2.75. The summed E-state index contributed by atoms with van der Waals surface area (Å²) in [6.45, 7) is 8.63. The Labute approximate surface area is 121 Å². The summed E-state index contributed by atoms with van der Waals surface area (Å²) in [6.07, 6.45) is 4.04. The number of rotatable bonds is 4. The lowest BCUT2D eigenvalue weighted by molar-refractivity contribution is -0.132. The van der Waals surface area contributed by atoms with Gasteiger partial charge in [-0.3, -0.25) is 9.78 Å². The smallest absolute Gasteiger partial charge is 0.226 e. The highest BCUT2D eigenvalue weighted by Gasteiger charge is 2.37. The Morgan fingerprint density at radius 1 is 1.55 bits per heavy atom. The predicted molar refractivity (Wildman–Crippen MR) is 80.2 cm³/mol. The molecule has 1 atom stereocenters. The Morgan fingerprint density at radius 3 is 3.00 bits per heavy atom. The standard InChI is InChI=1S/C16H25N3O/c1-12-6-4-9-18-14(12)11-19-15(20)16(2,3)13-7-5-8-17-10-13/h4,6,9,13,17H,5,7-8,10-11H2,1-3H3,(H,19,20). The van der Waals surface area contributed by atoms with Gasteiger partial charge in [-0.25, -0.2) is 0 Å². The highest BCUT2D eigenvalue weighted by Crippen LogP contribution is 2.31. The fraction of sp³-hybridized carbons (Fsp3) is 0.625. The lowest BCUT2D eigenvalue weighted by atomic mass is 9.74. The van der Waals surface area contributed by atoms with Gasteiger partial charge in [0.05, 0.1) is 12.2 Å². The molecule has 4 heteroatoms. The van der Waals surface area contributed by atoms with Gasteiger partial charge in [0.2, 0.25) is 5.91 Å². The Morgan fingerprint density at radius 2 is 2.35 bits per heavy atom. The number of piperidine rings is 1. The minimum atomic E-state index is -0.337. The molecule has 1 aliphatic heterocycles. The van der Waals surface area contributed by atoms with Gasteiger partial charge in [0, 0.05) is 11.6 Å². The zero-order valence-electron chi connectivity index (χ0n) is 12.7. The van der Waals surface area contributed by atoms with E-state index < -0.39 is 0 Å². The largest absolute Gasteiger partial charge is 0.350 e. The van der Waals surface area contributed by atoms with Crippen molar-refractivity contribution in [3.05, 3.63) is 29.6 Å². The second-order valence-electron chi connectivity index (χ2n) is 6.21. The first-order chi connectivity index (χ1) is 9.51. The molecule has 0 saturated carbocycles. The molecule has 20 heavy (non-hydrogen) atoms.